The first-order valence-corrected chi connectivity index (χ1v) is 9.09. The van der Waals surface area contributed by atoms with Gasteiger partial charge in [-0.2, -0.15) is 0 Å². The second-order valence-corrected chi connectivity index (χ2v) is 7.47. The average Bonchev–Trinajstić information content (AvgIpc) is 3.38. The van der Waals surface area contributed by atoms with E-state index in [4.69, 9.17) is 0 Å². The van der Waals surface area contributed by atoms with Gasteiger partial charge in [-0.05, 0) is 63.1 Å². The third-order valence-corrected chi connectivity index (χ3v) is 5.38. The molecule has 0 unspecified atom stereocenters. The van der Waals surface area contributed by atoms with Crippen molar-refractivity contribution in [2.24, 2.45) is 11.8 Å². The molecule has 0 aromatic heterocycles. The molecule has 0 bridgehead atoms. The van der Waals surface area contributed by atoms with Crippen molar-refractivity contribution in [3.8, 4) is 0 Å². The first-order valence-electron chi connectivity index (χ1n) is 9.09. The molecule has 2 aliphatic rings. The van der Waals surface area contributed by atoms with Gasteiger partial charge in [-0.15, -0.1) is 0 Å². The van der Waals surface area contributed by atoms with Crippen LogP contribution in [-0.4, -0.2) is 29.8 Å². The lowest BCUT2D eigenvalue weighted by molar-refractivity contribution is -0.136. The van der Waals surface area contributed by atoms with Crippen molar-refractivity contribution < 1.29 is 9.59 Å². The molecule has 1 heterocycles. The standard InChI is InChI=1S/C20H28N2O2/c1-13-10-14(2)18(15(3)11-13)12-21-19(23)16-6-8-22(9-7-16)20(24)17-4-5-17/h10-11,16-17H,4-9,12H2,1-3H3,(H,21,23). The van der Waals surface area contributed by atoms with Crippen LogP contribution in [0.5, 0.6) is 0 Å². The predicted octanol–water partition coefficient (Wildman–Crippen LogP) is 2.88. The van der Waals surface area contributed by atoms with E-state index in [1.54, 1.807) is 0 Å². The van der Waals surface area contributed by atoms with Crippen molar-refractivity contribution >= 4 is 11.8 Å². The lowest BCUT2D eigenvalue weighted by atomic mass is 9.95. The molecular formula is C20H28N2O2. The van der Waals surface area contributed by atoms with E-state index < -0.39 is 0 Å². The van der Waals surface area contributed by atoms with Gasteiger partial charge in [-0.25, -0.2) is 0 Å². The van der Waals surface area contributed by atoms with Gasteiger partial charge in [-0.1, -0.05) is 17.7 Å². The van der Waals surface area contributed by atoms with E-state index in [1.165, 1.54) is 22.3 Å². The van der Waals surface area contributed by atoms with Crippen molar-refractivity contribution in [3.05, 3.63) is 34.4 Å². The highest BCUT2D eigenvalue weighted by Crippen LogP contribution is 2.32. The van der Waals surface area contributed by atoms with Gasteiger partial charge in [-0.3, -0.25) is 9.59 Å². The summed E-state index contributed by atoms with van der Waals surface area (Å²) in [6, 6.07) is 4.33. The molecule has 1 aromatic carbocycles. The van der Waals surface area contributed by atoms with E-state index in [-0.39, 0.29) is 17.7 Å². The van der Waals surface area contributed by atoms with E-state index in [1.807, 2.05) is 4.90 Å². The quantitative estimate of drug-likeness (QED) is 0.924. The minimum absolute atomic E-state index is 0.0410. The van der Waals surface area contributed by atoms with E-state index in [9.17, 15) is 9.59 Å². The van der Waals surface area contributed by atoms with Gasteiger partial charge in [0.25, 0.3) is 0 Å². The molecule has 4 heteroatoms. The Labute approximate surface area is 144 Å². The number of amides is 2. The summed E-state index contributed by atoms with van der Waals surface area (Å²) in [5, 5.41) is 3.11. The number of nitrogens with one attached hydrogen (secondary N) is 1. The summed E-state index contributed by atoms with van der Waals surface area (Å²) in [6.07, 6.45) is 3.68. The molecule has 0 atom stereocenters. The molecule has 130 valence electrons. The highest BCUT2D eigenvalue weighted by molar-refractivity contribution is 5.82. The molecule has 3 rings (SSSR count). The fourth-order valence-corrected chi connectivity index (χ4v) is 3.76. The highest BCUT2D eigenvalue weighted by atomic mass is 16.2. The predicted molar refractivity (Wildman–Crippen MR) is 94.5 cm³/mol. The second-order valence-electron chi connectivity index (χ2n) is 7.47. The number of carbonyl (C=O) groups excluding carboxylic acids is 2. The largest absolute Gasteiger partial charge is 0.352 e. The van der Waals surface area contributed by atoms with Crippen LogP contribution in [0.15, 0.2) is 12.1 Å². The van der Waals surface area contributed by atoms with Gasteiger partial charge in [0.2, 0.25) is 11.8 Å². The van der Waals surface area contributed by atoms with Gasteiger partial charge in [0.15, 0.2) is 0 Å². The number of benzene rings is 1. The maximum atomic E-state index is 12.5. The number of piperidine rings is 1. The van der Waals surface area contributed by atoms with Crippen LogP contribution in [0.2, 0.25) is 0 Å². The Morgan fingerprint density at radius 1 is 1.00 bits per heavy atom. The van der Waals surface area contributed by atoms with Crippen LogP contribution in [0.3, 0.4) is 0 Å². The summed E-state index contributed by atoms with van der Waals surface area (Å²) in [6.45, 7) is 8.36. The van der Waals surface area contributed by atoms with Gasteiger partial charge in [0.05, 0.1) is 0 Å². The smallest absolute Gasteiger partial charge is 0.225 e. The fourth-order valence-electron chi connectivity index (χ4n) is 3.76. The Bertz CT molecular complexity index is 618. The minimum atomic E-state index is 0.0410. The zero-order valence-electron chi connectivity index (χ0n) is 15.0. The Hall–Kier alpha value is -1.84. The third-order valence-electron chi connectivity index (χ3n) is 5.38. The molecule has 2 amide bonds. The SMILES string of the molecule is Cc1cc(C)c(CNC(=O)C2CCN(C(=O)C3CC3)CC2)c(C)c1. The third kappa shape index (κ3) is 3.80. The van der Waals surface area contributed by atoms with Crippen molar-refractivity contribution in [3.63, 3.8) is 0 Å². The summed E-state index contributed by atoms with van der Waals surface area (Å²) in [5.74, 6) is 0.759. The number of likely N-dealkylation sites (tertiary alicyclic amines) is 1. The topological polar surface area (TPSA) is 49.4 Å². The Balaban J connectivity index is 1.50. The van der Waals surface area contributed by atoms with Crippen LogP contribution in [0.25, 0.3) is 0 Å². The van der Waals surface area contributed by atoms with Gasteiger partial charge < -0.3 is 10.2 Å². The number of nitrogens with zero attached hydrogens (tertiary/aromatic N) is 1. The Kier molecular flexibility index (Phi) is 4.93. The molecule has 0 radical (unpaired) electrons. The minimum Gasteiger partial charge on any atom is -0.352 e. The van der Waals surface area contributed by atoms with Crippen molar-refractivity contribution in [1.29, 1.82) is 0 Å². The zero-order valence-corrected chi connectivity index (χ0v) is 15.0. The number of aryl methyl sites for hydroxylation is 3. The summed E-state index contributed by atoms with van der Waals surface area (Å²) in [7, 11) is 0. The Morgan fingerprint density at radius 2 is 1.58 bits per heavy atom. The second kappa shape index (κ2) is 6.96. The molecule has 1 aliphatic carbocycles. The van der Waals surface area contributed by atoms with E-state index >= 15 is 0 Å². The van der Waals surface area contributed by atoms with Crippen LogP contribution in [-0.2, 0) is 16.1 Å². The maximum absolute atomic E-state index is 12.5. The van der Waals surface area contributed by atoms with Crippen LogP contribution in [0, 0.1) is 32.6 Å². The van der Waals surface area contributed by atoms with Gasteiger partial charge in [0, 0.05) is 31.5 Å². The van der Waals surface area contributed by atoms with Crippen LogP contribution in [0.4, 0.5) is 0 Å². The zero-order chi connectivity index (χ0) is 17.3. The number of carbonyl (C=O) groups is 2. The maximum Gasteiger partial charge on any atom is 0.225 e. The summed E-state index contributed by atoms with van der Waals surface area (Å²) in [5.41, 5.74) is 4.94. The number of hydrogen-bond acceptors (Lipinski definition) is 2. The summed E-state index contributed by atoms with van der Waals surface area (Å²) >= 11 is 0. The number of rotatable bonds is 4. The van der Waals surface area contributed by atoms with E-state index in [0.717, 1.165) is 38.8 Å². The monoisotopic (exact) mass is 328 g/mol. The molecule has 1 N–H and O–H groups in total. The molecule has 4 nitrogen and oxygen atoms in total. The highest BCUT2D eigenvalue weighted by Gasteiger charge is 2.35. The lowest BCUT2D eigenvalue weighted by Gasteiger charge is -2.31. The van der Waals surface area contributed by atoms with Gasteiger partial charge in [0.1, 0.15) is 0 Å². The summed E-state index contributed by atoms with van der Waals surface area (Å²) < 4.78 is 0. The van der Waals surface area contributed by atoms with Crippen molar-refractivity contribution in [2.45, 2.75) is 53.0 Å². The molecular weight excluding hydrogens is 300 g/mol. The van der Waals surface area contributed by atoms with Crippen LogP contribution >= 0.6 is 0 Å². The van der Waals surface area contributed by atoms with E-state index in [2.05, 4.69) is 38.2 Å². The Morgan fingerprint density at radius 3 is 2.12 bits per heavy atom. The first kappa shape index (κ1) is 17.0. The van der Waals surface area contributed by atoms with Crippen molar-refractivity contribution in [2.75, 3.05) is 13.1 Å². The summed E-state index contributed by atoms with van der Waals surface area (Å²) in [4.78, 5) is 26.5. The van der Waals surface area contributed by atoms with Crippen LogP contribution in [0.1, 0.15) is 47.9 Å². The molecule has 2 fully saturated rings. The normalized spacial score (nSPS) is 18.5. The molecule has 1 saturated heterocycles. The molecule has 24 heavy (non-hydrogen) atoms. The molecule has 0 spiro atoms. The first-order chi connectivity index (χ1) is 11.5. The molecule has 1 aromatic rings. The average molecular weight is 328 g/mol. The fraction of sp³-hybridized carbons (Fsp3) is 0.600. The molecule has 1 aliphatic heterocycles. The van der Waals surface area contributed by atoms with E-state index in [0.29, 0.717) is 12.5 Å². The van der Waals surface area contributed by atoms with Gasteiger partial charge >= 0.3 is 0 Å². The number of hydrogen-bond donors (Lipinski definition) is 1. The lowest BCUT2D eigenvalue weighted by Crippen LogP contribution is -2.43. The van der Waals surface area contributed by atoms with Crippen LogP contribution < -0.4 is 5.32 Å². The van der Waals surface area contributed by atoms with Crippen molar-refractivity contribution in [1.82, 2.24) is 10.2 Å². The molecule has 1 saturated carbocycles.